The summed E-state index contributed by atoms with van der Waals surface area (Å²) in [4.78, 5) is 23.6. The number of thiophene rings is 1. The number of amides is 1. The normalized spacial score (nSPS) is 12.5. The van der Waals surface area contributed by atoms with Gasteiger partial charge >= 0.3 is 0 Å². The van der Waals surface area contributed by atoms with Gasteiger partial charge in [-0.1, -0.05) is 16.9 Å². The first-order valence-corrected chi connectivity index (χ1v) is 9.20. The van der Waals surface area contributed by atoms with Crippen molar-refractivity contribution in [1.29, 1.82) is 0 Å². The van der Waals surface area contributed by atoms with E-state index in [1.807, 2.05) is 13.8 Å². The molecule has 0 fully saturated rings. The van der Waals surface area contributed by atoms with Gasteiger partial charge in [0.15, 0.2) is 5.82 Å². The van der Waals surface area contributed by atoms with Gasteiger partial charge in [-0.15, -0.1) is 11.3 Å². The molecule has 0 aromatic carbocycles. The number of nitrogens with one attached hydrogen (secondary N) is 1. The van der Waals surface area contributed by atoms with Gasteiger partial charge in [-0.05, 0) is 40.2 Å². The van der Waals surface area contributed by atoms with Crippen LogP contribution in [0.25, 0.3) is 10.2 Å². The first kappa shape index (κ1) is 16.9. The molecule has 1 amide bonds. The number of anilines is 1. The summed E-state index contributed by atoms with van der Waals surface area (Å²) in [6, 6.07) is 1.69. The van der Waals surface area contributed by atoms with Gasteiger partial charge in [0, 0.05) is 16.3 Å². The van der Waals surface area contributed by atoms with E-state index in [1.165, 1.54) is 22.2 Å². The number of hydrogen-bond acceptors (Lipinski definition) is 7. The third-order valence-electron chi connectivity index (χ3n) is 3.64. The van der Waals surface area contributed by atoms with Gasteiger partial charge in [0.1, 0.15) is 21.4 Å². The monoisotopic (exact) mass is 362 g/mol. The molecule has 3 aromatic rings. The summed E-state index contributed by atoms with van der Waals surface area (Å²) in [7, 11) is 0. The molecule has 0 bridgehead atoms. The molecule has 6 nitrogen and oxygen atoms in total. The Kier molecular flexibility index (Phi) is 4.60. The first-order chi connectivity index (χ1) is 11.3. The van der Waals surface area contributed by atoms with E-state index >= 15 is 0 Å². The van der Waals surface area contributed by atoms with Crippen molar-refractivity contribution in [3.8, 4) is 0 Å². The minimum absolute atomic E-state index is 0.137. The molecule has 0 aliphatic rings. The highest BCUT2D eigenvalue weighted by molar-refractivity contribution is 8.00. The number of thioether (sulfide) groups is 1. The van der Waals surface area contributed by atoms with Crippen molar-refractivity contribution in [2.24, 2.45) is 0 Å². The smallest absolute Gasteiger partial charge is 0.238 e. The van der Waals surface area contributed by atoms with Crippen LogP contribution in [0.4, 0.5) is 5.82 Å². The SMILES string of the molecule is Cc1nc(SC(C)C(=O)Nc2cc(C)on2)c2c(C)c(C)sc2n1. The number of carbonyl (C=O) groups is 1. The van der Waals surface area contributed by atoms with Crippen molar-refractivity contribution in [3.63, 3.8) is 0 Å². The topological polar surface area (TPSA) is 80.9 Å². The van der Waals surface area contributed by atoms with E-state index < -0.39 is 0 Å². The Labute approximate surface area is 148 Å². The average Bonchev–Trinajstić information content (AvgIpc) is 3.02. The zero-order valence-electron chi connectivity index (χ0n) is 14.1. The van der Waals surface area contributed by atoms with Crippen LogP contribution in [0.3, 0.4) is 0 Å². The van der Waals surface area contributed by atoms with Crippen molar-refractivity contribution in [1.82, 2.24) is 15.1 Å². The highest BCUT2D eigenvalue weighted by Gasteiger charge is 2.21. The van der Waals surface area contributed by atoms with Crippen molar-refractivity contribution in [2.75, 3.05) is 5.32 Å². The molecule has 0 spiro atoms. The van der Waals surface area contributed by atoms with Crippen LogP contribution in [0, 0.1) is 27.7 Å². The predicted molar refractivity (Wildman–Crippen MR) is 96.8 cm³/mol. The van der Waals surface area contributed by atoms with Crippen LogP contribution >= 0.6 is 23.1 Å². The van der Waals surface area contributed by atoms with E-state index in [-0.39, 0.29) is 11.2 Å². The fourth-order valence-electron chi connectivity index (χ4n) is 2.27. The fourth-order valence-corrected chi connectivity index (χ4v) is 4.47. The summed E-state index contributed by atoms with van der Waals surface area (Å²) in [5, 5.41) is 8.12. The van der Waals surface area contributed by atoms with Gasteiger partial charge < -0.3 is 9.84 Å². The van der Waals surface area contributed by atoms with Crippen molar-refractivity contribution in [2.45, 2.75) is 44.9 Å². The van der Waals surface area contributed by atoms with Gasteiger partial charge in [0.25, 0.3) is 0 Å². The van der Waals surface area contributed by atoms with Crippen LogP contribution < -0.4 is 5.32 Å². The van der Waals surface area contributed by atoms with Crippen LogP contribution in [0.5, 0.6) is 0 Å². The van der Waals surface area contributed by atoms with E-state index in [0.29, 0.717) is 17.4 Å². The molecule has 1 atom stereocenters. The molecule has 3 aromatic heterocycles. The molecule has 24 heavy (non-hydrogen) atoms. The number of fused-ring (bicyclic) bond motifs is 1. The Hall–Kier alpha value is -1.93. The lowest BCUT2D eigenvalue weighted by molar-refractivity contribution is -0.115. The second-order valence-corrected chi connectivity index (χ2v) is 8.14. The molecule has 0 saturated carbocycles. The lowest BCUT2D eigenvalue weighted by atomic mass is 10.2. The number of aryl methyl sites for hydroxylation is 4. The van der Waals surface area contributed by atoms with E-state index in [9.17, 15) is 4.79 Å². The predicted octanol–water partition coefficient (Wildman–Crippen LogP) is 4.03. The van der Waals surface area contributed by atoms with Gasteiger partial charge in [-0.2, -0.15) is 0 Å². The standard InChI is InChI=1S/C16H18N4O2S2/c1-7-6-12(20-22-7)19-14(21)10(4)24-16-13-8(2)9(3)23-15(13)17-11(5)18-16/h6,10H,1-5H3,(H,19,20,21). The van der Waals surface area contributed by atoms with E-state index in [4.69, 9.17) is 4.52 Å². The van der Waals surface area contributed by atoms with Crippen LogP contribution in [0.1, 0.15) is 28.9 Å². The molecule has 126 valence electrons. The Bertz CT molecular complexity index is 916. The quantitative estimate of drug-likeness (QED) is 0.557. The Morgan fingerprint density at radius 1 is 1.29 bits per heavy atom. The van der Waals surface area contributed by atoms with Crippen molar-refractivity contribution < 1.29 is 9.32 Å². The van der Waals surface area contributed by atoms with Crippen molar-refractivity contribution >= 4 is 45.0 Å². The van der Waals surface area contributed by atoms with E-state index in [2.05, 4.69) is 34.3 Å². The van der Waals surface area contributed by atoms with Crippen molar-refractivity contribution in [3.05, 3.63) is 28.1 Å². The number of hydrogen-bond donors (Lipinski definition) is 1. The van der Waals surface area contributed by atoms with E-state index in [0.717, 1.165) is 15.2 Å². The minimum Gasteiger partial charge on any atom is -0.360 e. The summed E-state index contributed by atoms with van der Waals surface area (Å²) in [6.45, 7) is 9.65. The summed E-state index contributed by atoms with van der Waals surface area (Å²) < 4.78 is 4.96. The summed E-state index contributed by atoms with van der Waals surface area (Å²) in [5.74, 6) is 1.66. The van der Waals surface area contributed by atoms with Crippen LogP contribution in [-0.2, 0) is 4.79 Å². The number of carbonyl (C=O) groups excluding carboxylic acids is 1. The largest absolute Gasteiger partial charge is 0.360 e. The van der Waals surface area contributed by atoms with Gasteiger partial charge in [0.05, 0.1) is 5.25 Å². The summed E-state index contributed by atoms with van der Waals surface area (Å²) >= 11 is 3.09. The molecule has 0 saturated heterocycles. The van der Waals surface area contributed by atoms with Gasteiger partial charge in [0.2, 0.25) is 5.91 Å². The first-order valence-electron chi connectivity index (χ1n) is 7.50. The fraction of sp³-hybridized carbons (Fsp3) is 0.375. The Morgan fingerprint density at radius 2 is 2.04 bits per heavy atom. The second-order valence-electron chi connectivity index (χ2n) is 5.61. The summed E-state index contributed by atoms with van der Waals surface area (Å²) in [6.07, 6.45) is 0. The molecule has 3 rings (SSSR count). The third kappa shape index (κ3) is 3.29. The molecule has 1 N–H and O–H groups in total. The maximum absolute atomic E-state index is 12.4. The lowest BCUT2D eigenvalue weighted by Gasteiger charge is -2.11. The molecular weight excluding hydrogens is 344 g/mol. The second kappa shape index (κ2) is 6.52. The minimum atomic E-state index is -0.320. The molecule has 1 unspecified atom stereocenters. The van der Waals surface area contributed by atoms with Crippen LogP contribution in [0.2, 0.25) is 0 Å². The maximum atomic E-state index is 12.4. The molecule has 0 aliphatic heterocycles. The number of aromatic nitrogens is 3. The summed E-state index contributed by atoms with van der Waals surface area (Å²) in [5.41, 5.74) is 1.18. The van der Waals surface area contributed by atoms with Gasteiger partial charge in [-0.3, -0.25) is 4.79 Å². The molecule has 3 heterocycles. The third-order valence-corrected chi connectivity index (χ3v) is 5.83. The molecule has 8 heteroatoms. The maximum Gasteiger partial charge on any atom is 0.238 e. The molecular formula is C16H18N4O2S2. The highest BCUT2D eigenvalue weighted by Crippen LogP contribution is 2.36. The molecule has 0 radical (unpaired) electrons. The zero-order chi connectivity index (χ0) is 17.4. The lowest BCUT2D eigenvalue weighted by Crippen LogP contribution is -2.22. The zero-order valence-corrected chi connectivity index (χ0v) is 15.8. The molecule has 0 aliphatic carbocycles. The number of rotatable bonds is 4. The highest BCUT2D eigenvalue weighted by atomic mass is 32.2. The number of nitrogens with zero attached hydrogens (tertiary/aromatic N) is 3. The van der Waals surface area contributed by atoms with Crippen LogP contribution in [-0.4, -0.2) is 26.3 Å². The Balaban J connectivity index is 1.84. The average molecular weight is 362 g/mol. The van der Waals surface area contributed by atoms with Crippen LogP contribution in [0.15, 0.2) is 15.6 Å². The van der Waals surface area contributed by atoms with Gasteiger partial charge in [-0.25, -0.2) is 9.97 Å². The Morgan fingerprint density at radius 3 is 2.71 bits per heavy atom. The van der Waals surface area contributed by atoms with E-state index in [1.54, 1.807) is 24.3 Å².